The second kappa shape index (κ2) is 4.85. The summed E-state index contributed by atoms with van der Waals surface area (Å²) >= 11 is 0. The van der Waals surface area contributed by atoms with Gasteiger partial charge in [0.25, 0.3) is 0 Å². The number of hydrogen-bond acceptors (Lipinski definition) is 6. The highest BCUT2D eigenvalue weighted by atomic mass is 16.5. The number of ether oxygens (including phenoxy) is 1. The van der Waals surface area contributed by atoms with Crippen LogP contribution < -0.4 is 10.6 Å². The fraction of sp³-hybridized carbons (Fsp3) is 0.636. The van der Waals surface area contributed by atoms with Gasteiger partial charge in [-0.05, 0) is 6.92 Å². The summed E-state index contributed by atoms with van der Waals surface area (Å²) in [6.07, 6.45) is 2.15. The summed E-state index contributed by atoms with van der Waals surface area (Å²) in [5.41, 5.74) is 0.162. The Balaban J connectivity index is 2.03. The maximum Gasteiger partial charge on any atom is 0.134 e. The van der Waals surface area contributed by atoms with E-state index in [0.717, 1.165) is 17.2 Å². The standard InChI is InChI=1S/C11H18N4O2/c1-8-9(12-2)14-7-15-10(8)13-5-11(16)3-4-17-6-11/h7,16H,3-6H2,1-2H3,(H2,12,13,14,15). The number of nitrogens with one attached hydrogen (secondary N) is 2. The van der Waals surface area contributed by atoms with Gasteiger partial charge in [0.05, 0.1) is 6.61 Å². The molecule has 1 aliphatic heterocycles. The quantitative estimate of drug-likeness (QED) is 0.704. The third-order valence-electron chi connectivity index (χ3n) is 2.99. The van der Waals surface area contributed by atoms with Crippen LogP contribution in [0.1, 0.15) is 12.0 Å². The molecule has 0 spiro atoms. The molecule has 1 aliphatic rings. The zero-order valence-corrected chi connectivity index (χ0v) is 10.2. The van der Waals surface area contributed by atoms with Gasteiger partial charge >= 0.3 is 0 Å². The Labute approximate surface area is 100 Å². The molecule has 0 aliphatic carbocycles. The summed E-state index contributed by atoms with van der Waals surface area (Å²) < 4.78 is 5.19. The van der Waals surface area contributed by atoms with Crippen molar-refractivity contribution < 1.29 is 9.84 Å². The van der Waals surface area contributed by atoms with Crippen LogP contribution in [0, 0.1) is 6.92 Å². The number of nitrogens with zero attached hydrogens (tertiary/aromatic N) is 2. The average Bonchev–Trinajstić information content (AvgIpc) is 2.75. The van der Waals surface area contributed by atoms with Gasteiger partial charge in [0.1, 0.15) is 23.6 Å². The lowest BCUT2D eigenvalue weighted by atomic mass is 10.0. The summed E-state index contributed by atoms with van der Waals surface area (Å²) in [6, 6.07) is 0. The van der Waals surface area contributed by atoms with Gasteiger partial charge in [0.2, 0.25) is 0 Å². The molecule has 1 aromatic heterocycles. The fourth-order valence-electron chi connectivity index (χ4n) is 1.86. The minimum absolute atomic E-state index is 0.378. The van der Waals surface area contributed by atoms with Crippen LogP contribution in [-0.4, -0.2) is 47.5 Å². The number of hydrogen-bond donors (Lipinski definition) is 3. The van der Waals surface area contributed by atoms with E-state index < -0.39 is 5.60 Å². The lowest BCUT2D eigenvalue weighted by molar-refractivity contribution is 0.0381. The minimum Gasteiger partial charge on any atom is -0.386 e. The van der Waals surface area contributed by atoms with Crippen molar-refractivity contribution in [3.63, 3.8) is 0 Å². The van der Waals surface area contributed by atoms with Gasteiger partial charge in [-0.2, -0.15) is 0 Å². The van der Waals surface area contributed by atoms with Crippen LogP contribution in [0.4, 0.5) is 11.6 Å². The van der Waals surface area contributed by atoms with Crippen molar-refractivity contribution in [1.29, 1.82) is 0 Å². The van der Waals surface area contributed by atoms with Crippen LogP contribution in [0.3, 0.4) is 0 Å². The largest absolute Gasteiger partial charge is 0.386 e. The van der Waals surface area contributed by atoms with Crippen LogP contribution in [0.15, 0.2) is 6.33 Å². The maximum absolute atomic E-state index is 10.1. The first-order valence-electron chi connectivity index (χ1n) is 5.68. The lowest BCUT2D eigenvalue weighted by Gasteiger charge is -2.21. The second-order valence-electron chi connectivity index (χ2n) is 4.33. The molecule has 3 N–H and O–H groups in total. The minimum atomic E-state index is -0.781. The molecule has 2 heterocycles. The highest BCUT2D eigenvalue weighted by Gasteiger charge is 2.32. The van der Waals surface area contributed by atoms with Crippen LogP contribution >= 0.6 is 0 Å². The zero-order chi connectivity index (χ0) is 12.3. The van der Waals surface area contributed by atoms with E-state index in [1.807, 2.05) is 14.0 Å². The summed E-state index contributed by atoms with van der Waals surface area (Å²) in [6.45, 7) is 3.36. The number of aliphatic hydroxyl groups is 1. The molecule has 0 radical (unpaired) electrons. The van der Waals surface area contributed by atoms with Gasteiger partial charge in [0, 0.05) is 32.2 Å². The lowest BCUT2D eigenvalue weighted by Crippen LogP contribution is -2.37. The highest BCUT2D eigenvalue weighted by Crippen LogP contribution is 2.21. The molecule has 1 aromatic rings. The van der Waals surface area contributed by atoms with E-state index in [-0.39, 0.29) is 0 Å². The van der Waals surface area contributed by atoms with Gasteiger partial charge in [-0.25, -0.2) is 9.97 Å². The van der Waals surface area contributed by atoms with Crippen LogP contribution in [0.25, 0.3) is 0 Å². The molecule has 2 rings (SSSR count). The monoisotopic (exact) mass is 238 g/mol. The normalized spacial score (nSPS) is 23.7. The summed E-state index contributed by atoms with van der Waals surface area (Å²) in [5.74, 6) is 1.53. The maximum atomic E-state index is 10.1. The van der Waals surface area contributed by atoms with Crippen molar-refractivity contribution >= 4 is 11.6 Å². The van der Waals surface area contributed by atoms with Crippen molar-refractivity contribution in [2.24, 2.45) is 0 Å². The number of aromatic nitrogens is 2. The topological polar surface area (TPSA) is 79.3 Å². The SMILES string of the molecule is CNc1ncnc(NCC2(O)CCOC2)c1C. The Morgan fingerprint density at radius 1 is 1.47 bits per heavy atom. The van der Waals surface area contributed by atoms with Gasteiger partial charge in [-0.3, -0.25) is 0 Å². The van der Waals surface area contributed by atoms with E-state index in [1.165, 1.54) is 6.33 Å². The third kappa shape index (κ3) is 2.65. The van der Waals surface area contributed by atoms with Crippen LogP contribution in [0.2, 0.25) is 0 Å². The van der Waals surface area contributed by atoms with E-state index in [1.54, 1.807) is 0 Å². The second-order valence-corrected chi connectivity index (χ2v) is 4.33. The fourth-order valence-corrected chi connectivity index (χ4v) is 1.86. The Bertz CT molecular complexity index is 391. The molecule has 0 saturated carbocycles. The first-order chi connectivity index (χ1) is 8.14. The molecule has 1 saturated heterocycles. The average molecular weight is 238 g/mol. The van der Waals surface area contributed by atoms with Crippen molar-refractivity contribution in [1.82, 2.24) is 9.97 Å². The summed E-state index contributed by atoms with van der Waals surface area (Å²) in [4.78, 5) is 8.27. The summed E-state index contributed by atoms with van der Waals surface area (Å²) in [7, 11) is 1.82. The number of rotatable bonds is 4. The first kappa shape index (κ1) is 12.1. The van der Waals surface area contributed by atoms with Crippen LogP contribution in [-0.2, 0) is 4.74 Å². The molecule has 0 amide bonds. The smallest absolute Gasteiger partial charge is 0.134 e. The Kier molecular flexibility index (Phi) is 3.44. The Morgan fingerprint density at radius 2 is 2.24 bits per heavy atom. The molecule has 17 heavy (non-hydrogen) atoms. The van der Waals surface area contributed by atoms with E-state index in [4.69, 9.17) is 4.74 Å². The van der Waals surface area contributed by atoms with E-state index in [2.05, 4.69) is 20.6 Å². The van der Waals surface area contributed by atoms with E-state index in [0.29, 0.717) is 26.2 Å². The van der Waals surface area contributed by atoms with Gasteiger partial charge < -0.3 is 20.5 Å². The highest BCUT2D eigenvalue weighted by molar-refractivity contribution is 5.56. The molecule has 6 heteroatoms. The molecular weight excluding hydrogens is 220 g/mol. The van der Waals surface area contributed by atoms with Gasteiger partial charge in [-0.1, -0.05) is 0 Å². The molecule has 6 nitrogen and oxygen atoms in total. The van der Waals surface area contributed by atoms with Gasteiger partial charge in [-0.15, -0.1) is 0 Å². The van der Waals surface area contributed by atoms with Crippen LogP contribution in [0.5, 0.6) is 0 Å². The van der Waals surface area contributed by atoms with Crippen molar-refractivity contribution in [3.05, 3.63) is 11.9 Å². The zero-order valence-electron chi connectivity index (χ0n) is 10.2. The number of anilines is 2. The molecule has 1 atom stereocenters. The van der Waals surface area contributed by atoms with E-state index >= 15 is 0 Å². The first-order valence-corrected chi connectivity index (χ1v) is 5.68. The summed E-state index contributed by atoms with van der Waals surface area (Å²) in [5, 5.41) is 16.3. The third-order valence-corrected chi connectivity index (χ3v) is 2.99. The van der Waals surface area contributed by atoms with Crippen molar-refractivity contribution in [2.45, 2.75) is 18.9 Å². The molecule has 94 valence electrons. The predicted molar refractivity (Wildman–Crippen MR) is 65.2 cm³/mol. The van der Waals surface area contributed by atoms with Crippen molar-refractivity contribution in [3.8, 4) is 0 Å². The Morgan fingerprint density at radius 3 is 2.88 bits per heavy atom. The van der Waals surface area contributed by atoms with Crippen molar-refractivity contribution in [2.75, 3.05) is 37.4 Å². The van der Waals surface area contributed by atoms with E-state index in [9.17, 15) is 5.11 Å². The molecule has 0 aromatic carbocycles. The molecule has 1 unspecified atom stereocenters. The molecule has 1 fully saturated rings. The van der Waals surface area contributed by atoms with Gasteiger partial charge in [0.15, 0.2) is 0 Å². The molecular formula is C11H18N4O2. The molecule has 0 bridgehead atoms. The predicted octanol–water partition coefficient (Wildman–Crippen LogP) is 0.390. The Hall–Kier alpha value is -1.40.